The van der Waals surface area contributed by atoms with Crippen molar-refractivity contribution in [1.29, 1.82) is 0 Å². The van der Waals surface area contributed by atoms with E-state index >= 15 is 0 Å². The van der Waals surface area contributed by atoms with Crippen molar-refractivity contribution >= 4 is 23.3 Å². The standard InChI is InChI=1S/C5H9NO2S/c1-6(4-9-2)3-5(7)8/h4H,3H2,1-2H3/p+1. The number of hydrogen-bond acceptors (Lipinski definition) is 2. The fourth-order valence-corrected chi connectivity index (χ4v) is 0.865. The van der Waals surface area contributed by atoms with Crippen LogP contribution in [0.3, 0.4) is 0 Å². The van der Waals surface area contributed by atoms with Crippen molar-refractivity contribution in [2.75, 3.05) is 19.8 Å². The van der Waals surface area contributed by atoms with Gasteiger partial charge in [-0.3, -0.25) is 0 Å². The van der Waals surface area contributed by atoms with E-state index in [-0.39, 0.29) is 6.54 Å². The molecule has 1 N–H and O–H groups in total. The van der Waals surface area contributed by atoms with Crippen LogP contribution in [0.4, 0.5) is 0 Å². The van der Waals surface area contributed by atoms with Gasteiger partial charge in [0.15, 0.2) is 5.55 Å². The summed E-state index contributed by atoms with van der Waals surface area (Å²) in [6, 6.07) is 0. The number of likely N-dealkylation sites (N-methyl/N-ethyl adjacent to an activating group) is 1. The maximum atomic E-state index is 10.0. The second-order valence-corrected chi connectivity index (χ2v) is 2.33. The molecule has 0 aliphatic rings. The molecule has 0 atom stereocenters. The Kier molecular flexibility index (Phi) is 4.13. The van der Waals surface area contributed by atoms with Crippen molar-refractivity contribution < 1.29 is 14.5 Å². The third kappa shape index (κ3) is 5.36. The Hall–Kier alpha value is -0.510. The second kappa shape index (κ2) is 4.38. The topological polar surface area (TPSA) is 40.3 Å². The van der Waals surface area contributed by atoms with Crippen LogP contribution in [-0.2, 0) is 4.79 Å². The van der Waals surface area contributed by atoms with Crippen molar-refractivity contribution in [1.82, 2.24) is 0 Å². The van der Waals surface area contributed by atoms with Gasteiger partial charge in [-0.1, -0.05) is 11.8 Å². The normalized spacial score (nSPS) is 11.6. The molecule has 52 valence electrons. The first kappa shape index (κ1) is 8.49. The molecule has 0 heterocycles. The summed E-state index contributed by atoms with van der Waals surface area (Å²) < 4.78 is 1.62. The van der Waals surface area contributed by atoms with Crippen LogP contribution in [0.15, 0.2) is 0 Å². The Morgan fingerprint density at radius 3 is 2.78 bits per heavy atom. The van der Waals surface area contributed by atoms with Crippen LogP contribution in [0.5, 0.6) is 0 Å². The van der Waals surface area contributed by atoms with Crippen LogP contribution in [0, 0.1) is 0 Å². The first-order valence-electron chi connectivity index (χ1n) is 2.45. The Bertz CT molecular complexity index is 133. The van der Waals surface area contributed by atoms with Crippen LogP contribution < -0.4 is 0 Å². The largest absolute Gasteiger partial charge is 0.477 e. The summed E-state index contributed by atoms with van der Waals surface area (Å²) in [5, 5.41) is 8.24. The summed E-state index contributed by atoms with van der Waals surface area (Å²) in [5.41, 5.74) is 1.76. The molecule has 0 rings (SSSR count). The van der Waals surface area contributed by atoms with Crippen LogP contribution in [-0.4, -0.2) is 41.0 Å². The minimum absolute atomic E-state index is 0.0703. The van der Waals surface area contributed by atoms with Gasteiger partial charge >= 0.3 is 5.97 Å². The third-order valence-electron chi connectivity index (χ3n) is 0.670. The molecule has 0 aromatic heterocycles. The zero-order valence-electron chi connectivity index (χ0n) is 5.50. The average molecular weight is 148 g/mol. The lowest BCUT2D eigenvalue weighted by Crippen LogP contribution is -2.16. The number of thioether (sulfide) groups is 1. The van der Waals surface area contributed by atoms with Gasteiger partial charge in [-0.2, -0.15) is 0 Å². The lowest BCUT2D eigenvalue weighted by Gasteiger charge is -1.88. The Balaban J connectivity index is 3.62. The number of rotatable bonds is 3. The lowest BCUT2D eigenvalue weighted by atomic mass is 10.6. The maximum Gasteiger partial charge on any atom is 0.369 e. The Morgan fingerprint density at radius 2 is 2.44 bits per heavy atom. The quantitative estimate of drug-likeness (QED) is 0.351. The van der Waals surface area contributed by atoms with Gasteiger partial charge in [0.25, 0.3) is 0 Å². The van der Waals surface area contributed by atoms with Crippen molar-refractivity contribution in [2.24, 2.45) is 0 Å². The molecule has 0 aliphatic heterocycles. The van der Waals surface area contributed by atoms with E-state index in [1.165, 1.54) is 11.8 Å². The van der Waals surface area contributed by atoms with Crippen molar-refractivity contribution in [3.05, 3.63) is 0 Å². The third-order valence-corrected chi connectivity index (χ3v) is 1.24. The zero-order valence-corrected chi connectivity index (χ0v) is 6.31. The van der Waals surface area contributed by atoms with E-state index in [0.29, 0.717) is 0 Å². The highest BCUT2D eigenvalue weighted by Gasteiger charge is 2.01. The number of carboxylic acids is 1. The highest BCUT2D eigenvalue weighted by molar-refractivity contribution is 8.11. The first-order chi connectivity index (χ1) is 4.16. The SMILES string of the molecule is CSC=[N+](C)CC(=O)O. The Morgan fingerprint density at radius 1 is 1.89 bits per heavy atom. The van der Waals surface area contributed by atoms with E-state index in [1.807, 2.05) is 6.26 Å². The molecule has 3 nitrogen and oxygen atoms in total. The van der Waals surface area contributed by atoms with Crippen molar-refractivity contribution in [3.8, 4) is 0 Å². The monoisotopic (exact) mass is 148 g/mol. The summed E-state index contributed by atoms with van der Waals surface area (Å²) >= 11 is 1.49. The van der Waals surface area contributed by atoms with Gasteiger partial charge in [0.1, 0.15) is 7.05 Å². The van der Waals surface area contributed by atoms with Gasteiger partial charge in [-0.05, 0) is 6.26 Å². The van der Waals surface area contributed by atoms with E-state index in [9.17, 15) is 4.79 Å². The smallest absolute Gasteiger partial charge is 0.369 e. The number of carboxylic acid groups (broad SMARTS) is 1. The summed E-state index contributed by atoms with van der Waals surface area (Å²) in [4.78, 5) is 10.0. The van der Waals surface area contributed by atoms with Crippen LogP contribution in [0.2, 0.25) is 0 Å². The molecule has 0 radical (unpaired) electrons. The molecule has 0 aliphatic carbocycles. The molecular weight excluding hydrogens is 138 g/mol. The Labute approximate surface area is 58.4 Å². The molecule has 0 fully saturated rings. The first-order valence-corrected chi connectivity index (χ1v) is 3.73. The van der Waals surface area contributed by atoms with Gasteiger partial charge in [-0.15, -0.1) is 0 Å². The second-order valence-electron chi connectivity index (χ2n) is 1.65. The van der Waals surface area contributed by atoms with Gasteiger partial charge < -0.3 is 5.11 Å². The van der Waals surface area contributed by atoms with Gasteiger partial charge in [0.05, 0.1) is 0 Å². The van der Waals surface area contributed by atoms with Gasteiger partial charge in [0.2, 0.25) is 6.54 Å². The summed E-state index contributed by atoms with van der Waals surface area (Å²) in [5.74, 6) is -0.803. The lowest BCUT2D eigenvalue weighted by molar-refractivity contribution is -0.480. The molecule has 0 saturated carbocycles. The van der Waals surface area contributed by atoms with E-state index in [0.717, 1.165) is 0 Å². The molecule has 0 aromatic carbocycles. The van der Waals surface area contributed by atoms with E-state index in [4.69, 9.17) is 5.11 Å². The molecule has 0 aromatic rings. The maximum absolute atomic E-state index is 10.0. The highest BCUT2D eigenvalue weighted by Crippen LogP contribution is 1.81. The molecule has 0 unspecified atom stereocenters. The summed E-state index contributed by atoms with van der Waals surface area (Å²) in [6.07, 6.45) is 1.89. The molecule has 0 spiro atoms. The van der Waals surface area contributed by atoms with E-state index in [2.05, 4.69) is 0 Å². The summed E-state index contributed by atoms with van der Waals surface area (Å²) in [7, 11) is 1.73. The number of aliphatic carboxylic acids is 1. The molecule has 9 heavy (non-hydrogen) atoms. The summed E-state index contributed by atoms with van der Waals surface area (Å²) in [6.45, 7) is 0.0703. The zero-order chi connectivity index (χ0) is 7.28. The number of hydrogen-bond donors (Lipinski definition) is 1. The van der Waals surface area contributed by atoms with Crippen LogP contribution in [0.25, 0.3) is 0 Å². The predicted molar refractivity (Wildman–Crippen MR) is 38.3 cm³/mol. The number of carbonyl (C=O) groups is 1. The average Bonchev–Trinajstić information content (AvgIpc) is 1.63. The predicted octanol–water partition coefficient (Wildman–Crippen LogP) is 0.105. The minimum atomic E-state index is -0.803. The van der Waals surface area contributed by atoms with Gasteiger partial charge in [-0.25, -0.2) is 9.37 Å². The fourth-order valence-electron chi connectivity index (χ4n) is 0.431. The molecule has 0 saturated heterocycles. The van der Waals surface area contributed by atoms with Crippen molar-refractivity contribution in [3.63, 3.8) is 0 Å². The van der Waals surface area contributed by atoms with Gasteiger partial charge in [0, 0.05) is 0 Å². The molecule has 0 bridgehead atoms. The van der Waals surface area contributed by atoms with E-state index in [1.54, 1.807) is 17.2 Å². The minimum Gasteiger partial charge on any atom is -0.477 e. The molecule has 0 amide bonds. The molecular formula is C5H10NO2S+. The van der Waals surface area contributed by atoms with E-state index < -0.39 is 5.97 Å². The van der Waals surface area contributed by atoms with Crippen molar-refractivity contribution in [2.45, 2.75) is 0 Å². The highest BCUT2D eigenvalue weighted by atomic mass is 32.2. The van der Waals surface area contributed by atoms with Crippen LogP contribution in [0.1, 0.15) is 0 Å². The fraction of sp³-hybridized carbons (Fsp3) is 0.600. The van der Waals surface area contributed by atoms with Crippen LogP contribution >= 0.6 is 11.8 Å². The molecule has 4 heteroatoms. The number of nitrogens with zero attached hydrogens (tertiary/aromatic N) is 1.